The molecule has 0 heterocycles. The lowest BCUT2D eigenvalue weighted by atomic mass is 10.1. The largest absolute Gasteiger partial charge is 0.369 e. The molecule has 0 radical (unpaired) electrons. The second kappa shape index (κ2) is 15.1. The number of nitrogens with one attached hydrogen (secondary N) is 2. The van der Waals surface area contributed by atoms with Crippen LogP contribution in [0.25, 0.3) is 0 Å². The number of nitrogens with zero attached hydrogens (tertiary/aromatic N) is 2. The van der Waals surface area contributed by atoms with E-state index in [1.54, 1.807) is 6.21 Å². The molecule has 5 N–H and O–H groups in total. The van der Waals surface area contributed by atoms with Crippen molar-refractivity contribution in [2.24, 2.45) is 10.8 Å². The Labute approximate surface area is 107 Å². The molecule has 0 aromatic rings. The summed E-state index contributed by atoms with van der Waals surface area (Å²) in [6, 6.07) is 0. The summed E-state index contributed by atoms with van der Waals surface area (Å²) in [6.07, 6.45) is 10.5. The second-order valence-corrected chi connectivity index (χ2v) is 3.63. The molecule has 8 heteroatoms. The van der Waals surface area contributed by atoms with Gasteiger partial charge in [-0.05, 0) is 12.8 Å². The summed E-state index contributed by atoms with van der Waals surface area (Å²) in [5, 5.41) is 24.3. The summed E-state index contributed by atoms with van der Waals surface area (Å²) in [6.45, 7) is 2.22. The number of rotatable bonds is 8. The van der Waals surface area contributed by atoms with Crippen LogP contribution in [-0.4, -0.2) is 22.5 Å². The maximum Gasteiger partial charge on any atom is 0.291 e. The predicted molar refractivity (Wildman–Crippen MR) is 70.3 cm³/mol. The Morgan fingerprint density at radius 1 is 1.44 bits per heavy atom. The first-order valence-electron chi connectivity index (χ1n) is 5.95. The molecule has 0 aliphatic carbocycles. The standard InChI is InChI=1S/C10H22N4.HNO3/c1-2-3-4-5-6-7-8-9-13-14-10(11)12;2-1(3)4/h9H,2-8H2,1H3,(H4,11,12,14);(H,2,3,4)/b13-9+;. The highest BCUT2D eigenvalue weighted by Gasteiger charge is 1.88. The van der Waals surface area contributed by atoms with E-state index < -0.39 is 5.09 Å². The van der Waals surface area contributed by atoms with Crippen molar-refractivity contribution in [1.82, 2.24) is 5.43 Å². The average molecular weight is 261 g/mol. The van der Waals surface area contributed by atoms with Crippen molar-refractivity contribution in [1.29, 1.82) is 5.41 Å². The monoisotopic (exact) mass is 261 g/mol. The summed E-state index contributed by atoms with van der Waals surface area (Å²) in [4.78, 5) is 8.36. The second-order valence-electron chi connectivity index (χ2n) is 3.63. The molecule has 0 saturated carbocycles. The van der Waals surface area contributed by atoms with Gasteiger partial charge in [-0.15, -0.1) is 10.1 Å². The Bertz CT molecular complexity index is 242. The van der Waals surface area contributed by atoms with Gasteiger partial charge in [0, 0.05) is 6.21 Å². The number of hydrogen-bond acceptors (Lipinski definition) is 4. The highest BCUT2D eigenvalue weighted by Crippen LogP contribution is 2.05. The summed E-state index contributed by atoms with van der Waals surface area (Å²) in [7, 11) is 0. The third kappa shape index (κ3) is 29.2. The summed E-state index contributed by atoms with van der Waals surface area (Å²) >= 11 is 0. The molecule has 0 aromatic carbocycles. The van der Waals surface area contributed by atoms with Crippen molar-refractivity contribution in [3.63, 3.8) is 0 Å². The lowest BCUT2D eigenvalue weighted by Crippen LogP contribution is -2.25. The van der Waals surface area contributed by atoms with Crippen LogP contribution in [0.4, 0.5) is 0 Å². The van der Waals surface area contributed by atoms with E-state index in [1.165, 1.54) is 38.5 Å². The highest BCUT2D eigenvalue weighted by molar-refractivity contribution is 5.75. The van der Waals surface area contributed by atoms with Crippen LogP contribution in [0.3, 0.4) is 0 Å². The first kappa shape index (κ1) is 18.5. The SMILES string of the molecule is CCCCCCCC/C=N/NC(=N)N.O=[N+]([O-])O. The van der Waals surface area contributed by atoms with Crippen LogP contribution in [-0.2, 0) is 0 Å². The third-order valence-corrected chi connectivity index (χ3v) is 1.96. The third-order valence-electron chi connectivity index (χ3n) is 1.96. The Morgan fingerprint density at radius 2 is 1.94 bits per heavy atom. The van der Waals surface area contributed by atoms with Crippen LogP contribution >= 0.6 is 0 Å². The fraction of sp³-hybridized carbons (Fsp3) is 0.800. The minimum Gasteiger partial charge on any atom is -0.369 e. The van der Waals surface area contributed by atoms with Crippen molar-refractivity contribution in [3.05, 3.63) is 10.1 Å². The van der Waals surface area contributed by atoms with E-state index in [1.807, 2.05) is 0 Å². The average Bonchev–Trinajstić information content (AvgIpc) is 2.26. The van der Waals surface area contributed by atoms with Crippen LogP contribution in [0.1, 0.15) is 51.9 Å². The highest BCUT2D eigenvalue weighted by atomic mass is 16.9. The quantitative estimate of drug-likeness (QED) is 0.174. The normalized spacial score (nSPS) is 9.61. The Kier molecular flexibility index (Phi) is 15.6. The summed E-state index contributed by atoms with van der Waals surface area (Å²) < 4.78 is 0. The van der Waals surface area contributed by atoms with Gasteiger partial charge in [0.25, 0.3) is 5.09 Å². The molecule has 106 valence electrons. The fourth-order valence-electron chi connectivity index (χ4n) is 1.20. The van der Waals surface area contributed by atoms with E-state index in [0.29, 0.717) is 0 Å². The zero-order valence-electron chi connectivity index (χ0n) is 10.8. The zero-order valence-corrected chi connectivity index (χ0v) is 10.8. The molecule has 0 atom stereocenters. The molecule has 0 fully saturated rings. The number of guanidine groups is 1. The number of nitrogens with two attached hydrogens (primary N) is 1. The molecule has 0 aromatic heterocycles. The molecule has 8 nitrogen and oxygen atoms in total. The van der Waals surface area contributed by atoms with E-state index in [2.05, 4.69) is 17.5 Å². The number of unbranched alkanes of at least 4 members (excludes halogenated alkanes) is 6. The van der Waals surface area contributed by atoms with Gasteiger partial charge in [-0.1, -0.05) is 39.0 Å². The molecule has 0 spiro atoms. The van der Waals surface area contributed by atoms with E-state index in [9.17, 15) is 0 Å². The van der Waals surface area contributed by atoms with Gasteiger partial charge in [0.1, 0.15) is 0 Å². The smallest absolute Gasteiger partial charge is 0.291 e. The van der Waals surface area contributed by atoms with E-state index in [0.717, 1.165) is 6.42 Å². The predicted octanol–water partition coefficient (Wildman–Crippen LogP) is 1.86. The zero-order chi connectivity index (χ0) is 14.2. The Morgan fingerprint density at radius 3 is 2.44 bits per heavy atom. The topological polar surface area (TPSA) is 138 Å². The van der Waals surface area contributed by atoms with Crippen LogP contribution in [0, 0.1) is 15.5 Å². The van der Waals surface area contributed by atoms with Gasteiger partial charge in [0.05, 0.1) is 0 Å². The molecule has 0 bridgehead atoms. The van der Waals surface area contributed by atoms with Crippen molar-refractivity contribution in [2.45, 2.75) is 51.9 Å². The van der Waals surface area contributed by atoms with Gasteiger partial charge in [-0.25, -0.2) is 5.43 Å². The molecule has 0 rings (SSSR count). The molecule has 0 saturated heterocycles. The lowest BCUT2D eigenvalue weighted by Gasteiger charge is -1.97. The molecular formula is C10H23N5O3. The maximum absolute atomic E-state index is 8.36. The van der Waals surface area contributed by atoms with Gasteiger partial charge in [-0.2, -0.15) is 5.10 Å². The van der Waals surface area contributed by atoms with Crippen molar-refractivity contribution < 1.29 is 10.3 Å². The van der Waals surface area contributed by atoms with Gasteiger partial charge in [0.15, 0.2) is 0 Å². The van der Waals surface area contributed by atoms with Crippen LogP contribution in [0.15, 0.2) is 5.10 Å². The lowest BCUT2D eigenvalue weighted by molar-refractivity contribution is -0.742. The van der Waals surface area contributed by atoms with Crippen molar-refractivity contribution >= 4 is 12.2 Å². The van der Waals surface area contributed by atoms with Gasteiger partial charge < -0.3 is 10.9 Å². The summed E-state index contributed by atoms with van der Waals surface area (Å²) in [5.74, 6) is -0.107. The molecule has 0 unspecified atom stereocenters. The first-order valence-corrected chi connectivity index (χ1v) is 5.95. The minimum absolute atomic E-state index is 0.107. The molecule has 0 amide bonds. The van der Waals surface area contributed by atoms with Gasteiger partial charge >= 0.3 is 0 Å². The number of hydrogen-bond donors (Lipinski definition) is 4. The Balaban J connectivity index is 0. The molecular weight excluding hydrogens is 238 g/mol. The molecule has 0 aliphatic heterocycles. The molecule has 0 aliphatic rings. The summed E-state index contributed by atoms with van der Waals surface area (Å²) in [5.41, 5.74) is 7.43. The van der Waals surface area contributed by atoms with Crippen molar-refractivity contribution in [3.8, 4) is 0 Å². The first-order chi connectivity index (χ1) is 8.50. The van der Waals surface area contributed by atoms with E-state index in [-0.39, 0.29) is 5.96 Å². The van der Waals surface area contributed by atoms with Crippen LogP contribution in [0.5, 0.6) is 0 Å². The Hall–Kier alpha value is -1.86. The van der Waals surface area contributed by atoms with Crippen molar-refractivity contribution in [2.75, 3.05) is 0 Å². The van der Waals surface area contributed by atoms with Gasteiger partial charge in [-0.3, -0.25) is 5.41 Å². The minimum atomic E-state index is -1.50. The van der Waals surface area contributed by atoms with Crippen LogP contribution < -0.4 is 11.2 Å². The van der Waals surface area contributed by atoms with Crippen LogP contribution in [0.2, 0.25) is 0 Å². The van der Waals surface area contributed by atoms with Gasteiger partial charge in [0.2, 0.25) is 5.96 Å². The van der Waals surface area contributed by atoms with E-state index >= 15 is 0 Å². The maximum atomic E-state index is 8.36. The number of hydrazone groups is 1. The van der Waals surface area contributed by atoms with E-state index in [4.69, 9.17) is 26.5 Å². The fourth-order valence-corrected chi connectivity index (χ4v) is 1.20. The molecule has 18 heavy (non-hydrogen) atoms.